The summed E-state index contributed by atoms with van der Waals surface area (Å²) in [4.78, 5) is 2.71. The monoisotopic (exact) mass is 210 g/mol. The largest absolute Gasteiger partial charge is 0.326 e. The fourth-order valence-corrected chi connectivity index (χ4v) is 3.21. The van der Waals surface area contributed by atoms with E-state index in [-0.39, 0.29) is 5.54 Å². The van der Waals surface area contributed by atoms with Crippen LogP contribution in [0.15, 0.2) is 0 Å². The molecule has 2 N–H and O–H groups in total. The first-order valence-corrected chi connectivity index (χ1v) is 6.59. The van der Waals surface area contributed by atoms with Crippen LogP contribution in [-0.2, 0) is 0 Å². The third-order valence-electron chi connectivity index (χ3n) is 4.17. The Bertz CT molecular complexity index is 207. The molecule has 0 aromatic rings. The van der Waals surface area contributed by atoms with Crippen molar-refractivity contribution in [2.75, 3.05) is 13.1 Å². The van der Waals surface area contributed by atoms with Gasteiger partial charge in [0, 0.05) is 18.1 Å². The summed E-state index contributed by atoms with van der Waals surface area (Å²) in [6.07, 6.45) is 8.41. The van der Waals surface area contributed by atoms with Crippen LogP contribution in [0.2, 0.25) is 0 Å². The molecule has 2 unspecified atom stereocenters. The predicted octanol–water partition coefficient (Wildman–Crippen LogP) is 2.38. The smallest absolute Gasteiger partial charge is 0.0124 e. The summed E-state index contributed by atoms with van der Waals surface area (Å²) in [5.74, 6) is 1.01. The summed E-state index contributed by atoms with van der Waals surface area (Å²) < 4.78 is 0. The second-order valence-corrected chi connectivity index (χ2v) is 6.18. The van der Waals surface area contributed by atoms with Crippen LogP contribution in [0.25, 0.3) is 0 Å². The highest BCUT2D eigenvalue weighted by Crippen LogP contribution is 2.36. The van der Waals surface area contributed by atoms with Gasteiger partial charge in [0.2, 0.25) is 0 Å². The Labute approximate surface area is 94.2 Å². The van der Waals surface area contributed by atoms with Gasteiger partial charge in [0.25, 0.3) is 0 Å². The summed E-state index contributed by atoms with van der Waals surface area (Å²) in [5, 5.41) is 0. The van der Waals surface area contributed by atoms with E-state index in [0.717, 1.165) is 18.4 Å². The molecular weight excluding hydrogens is 184 g/mol. The van der Waals surface area contributed by atoms with Gasteiger partial charge in [0.05, 0.1) is 0 Å². The highest BCUT2D eigenvalue weighted by atomic mass is 15.2. The Morgan fingerprint density at radius 2 is 1.93 bits per heavy atom. The zero-order valence-corrected chi connectivity index (χ0v) is 10.3. The molecule has 0 bridgehead atoms. The third-order valence-corrected chi connectivity index (χ3v) is 4.17. The van der Waals surface area contributed by atoms with Crippen LogP contribution in [0.4, 0.5) is 0 Å². The zero-order chi connectivity index (χ0) is 10.9. The minimum atomic E-state index is 0.00670. The van der Waals surface area contributed by atoms with E-state index in [1.165, 1.54) is 45.2 Å². The number of rotatable bonds is 3. The Morgan fingerprint density at radius 1 is 1.20 bits per heavy atom. The Morgan fingerprint density at radius 3 is 2.67 bits per heavy atom. The van der Waals surface area contributed by atoms with E-state index in [9.17, 15) is 0 Å². The van der Waals surface area contributed by atoms with Gasteiger partial charge in [0.1, 0.15) is 0 Å². The molecule has 2 atom stereocenters. The van der Waals surface area contributed by atoms with E-state index in [2.05, 4.69) is 18.7 Å². The first-order chi connectivity index (χ1) is 7.06. The molecule has 2 aliphatic rings. The maximum Gasteiger partial charge on any atom is 0.0124 e. The van der Waals surface area contributed by atoms with Crippen LogP contribution in [0.1, 0.15) is 52.4 Å². The molecule has 2 fully saturated rings. The fourth-order valence-electron chi connectivity index (χ4n) is 3.21. The molecule has 1 heterocycles. The number of likely N-dealkylation sites (tertiary alicyclic amines) is 1. The van der Waals surface area contributed by atoms with Crippen LogP contribution < -0.4 is 5.73 Å². The standard InChI is InChI=1S/C13H26N2/c1-13(2,14)8-10-15-9-7-11-5-3-4-6-12(11)15/h11-12H,3-10,14H2,1-2H3. The second-order valence-electron chi connectivity index (χ2n) is 6.18. The van der Waals surface area contributed by atoms with Gasteiger partial charge in [-0.1, -0.05) is 12.8 Å². The van der Waals surface area contributed by atoms with E-state index >= 15 is 0 Å². The van der Waals surface area contributed by atoms with Crippen molar-refractivity contribution in [1.82, 2.24) is 4.90 Å². The molecule has 88 valence electrons. The lowest BCUT2D eigenvalue weighted by Gasteiger charge is -2.33. The predicted molar refractivity (Wildman–Crippen MR) is 64.8 cm³/mol. The van der Waals surface area contributed by atoms with Crippen molar-refractivity contribution in [2.24, 2.45) is 11.7 Å². The lowest BCUT2D eigenvalue weighted by molar-refractivity contribution is 0.172. The zero-order valence-electron chi connectivity index (χ0n) is 10.3. The van der Waals surface area contributed by atoms with Crippen molar-refractivity contribution in [2.45, 2.75) is 64.0 Å². The molecule has 1 saturated carbocycles. The highest BCUT2D eigenvalue weighted by Gasteiger charge is 2.35. The average Bonchev–Trinajstić information content (AvgIpc) is 2.57. The maximum atomic E-state index is 6.05. The number of nitrogens with zero attached hydrogens (tertiary/aromatic N) is 1. The molecule has 0 spiro atoms. The number of nitrogens with two attached hydrogens (primary N) is 1. The van der Waals surface area contributed by atoms with Crippen LogP contribution in [0.5, 0.6) is 0 Å². The van der Waals surface area contributed by atoms with Crippen LogP contribution in [0, 0.1) is 5.92 Å². The van der Waals surface area contributed by atoms with Crippen molar-refractivity contribution in [3.8, 4) is 0 Å². The Hall–Kier alpha value is -0.0800. The SMILES string of the molecule is CC(C)(N)CCN1CCC2CCCCC21. The van der Waals surface area contributed by atoms with Crippen LogP contribution in [0.3, 0.4) is 0 Å². The fraction of sp³-hybridized carbons (Fsp3) is 1.00. The molecule has 2 rings (SSSR count). The second kappa shape index (κ2) is 4.42. The first-order valence-electron chi connectivity index (χ1n) is 6.59. The summed E-state index contributed by atoms with van der Waals surface area (Å²) in [7, 11) is 0. The maximum absolute atomic E-state index is 6.05. The molecule has 0 aromatic carbocycles. The van der Waals surface area contributed by atoms with Crippen molar-refractivity contribution in [3.05, 3.63) is 0 Å². The molecule has 0 aromatic heterocycles. The normalized spacial score (nSPS) is 33.0. The molecule has 1 aliphatic heterocycles. The van der Waals surface area contributed by atoms with Gasteiger partial charge in [-0.25, -0.2) is 0 Å². The number of hydrogen-bond donors (Lipinski definition) is 1. The first kappa shape index (κ1) is 11.4. The Balaban J connectivity index is 1.83. The molecule has 2 heteroatoms. The van der Waals surface area contributed by atoms with Crippen molar-refractivity contribution < 1.29 is 0 Å². The molecule has 2 nitrogen and oxygen atoms in total. The third kappa shape index (κ3) is 2.94. The van der Waals surface area contributed by atoms with E-state index in [0.29, 0.717) is 0 Å². The summed E-state index contributed by atoms with van der Waals surface area (Å²) >= 11 is 0. The van der Waals surface area contributed by atoms with E-state index < -0.39 is 0 Å². The van der Waals surface area contributed by atoms with Gasteiger partial charge in [-0.3, -0.25) is 0 Å². The minimum Gasteiger partial charge on any atom is -0.326 e. The molecule has 0 radical (unpaired) electrons. The van der Waals surface area contributed by atoms with Gasteiger partial charge in [-0.05, 0) is 52.0 Å². The highest BCUT2D eigenvalue weighted by molar-refractivity contribution is 4.90. The van der Waals surface area contributed by atoms with E-state index in [4.69, 9.17) is 5.73 Å². The molecular formula is C13H26N2. The molecule has 15 heavy (non-hydrogen) atoms. The number of hydrogen-bond acceptors (Lipinski definition) is 2. The summed E-state index contributed by atoms with van der Waals surface area (Å²) in [5.41, 5.74) is 6.06. The lowest BCUT2D eigenvalue weighted by Crippen LogP contribution is -2.40. The Kier molecular flexibility index (Phi) is 3.36. The van der Waals surface area contributed by atoms with Crippen LogP contribution in [-0.4, -0.2) is 29.6 Å². The van der Waals surface area contributed by atoms with Gasteiger partial charge in [-0.2, -0.15) is 0 Å². The van der Waals surface area contributed by atoms with E-state index in [1.807, 2.05) is 0 Å². The number of fused-ring (bicyclic) bond motifs is 1. The molecule has 1 aliphatic carbocycles. The van der Waals surface area contributed by atoms with Gasteiger partial charge < -0.3 is 10.6 Å². The van der Waals surface area contributed by atoms with Gasteiger partial charge >= 0.3 is 0 Å². The lowest BCUT2D eigenvalue weighted by atomic mass is 9.85. The van der Waals surface area contributed by atoms with Crippen molar-refractivity contribution in [3.63, 3.8) is 0 Å². The van der Waals surface area contributed by atoms with E-state index in [1.54, 1.807) is 0 Å². The molecule has 0 amide bonds. The average molecular weight is 210 g/mol. The summed E-state index contributed by atoms with van der Waals surface area (Å²) in [6.45, 7) is 6.82. The topological polar surface area (TPSA) is 29.3 Å². The molecule has 1 saturated heterocycles. The summed E-state index contributed by atoms with van der Waals surface area (Å²) in [6, 6.07) is 0.904. The minimum absolute atomic E-state index is 0.00670. The van der Waals surface area contributed by atoms with Crippen molar-refractivity contribution >= 4 is 0 Å². The van der Waals surface area contributed by atoms with Crippen LogP contribution >= 0.6 is 0 Å². The van der Waals surface area contributed by atoms with Crippen molar-refractivity contribution in [1.29, 1.82) is 0 Å². The van der Waals surface area contributed by atoms with Gasteiger partial charge in [-0.15, -0.1) is 0 Å². The quantitative estimate of drug-likeness (QED) is 0.775. The van der Waals surface area contributed by atoms with Gasteiger partial charge in [0.15, 0.2) is 0 Å².